The van der Waals surface area contributed by atoms with E-state index in [1.54, 1.807) is 0 Å². The van der Waals surface area contributed by atoms with Crippen LogP contribution < -0.4 is 4.74 Å². The second kappa shape index (κ2) is 8.91. The lowest BCUT2D eigenvalue weighted by molar-refractivity contribution is 0.0742. The fourth-order valence-corrected chi connectivity index (χ4v) is 4.36. The van der Waals surface area contributed by atoms with Crippen molar-refractivity contribution < 1.29 is 9.53 Å². The lowest BCUT2D eigenvalue weighted by Gasteiger charge is -2.26. The Bertz CT molecular complexity index is 817. The van der Waals surface area contributed by atoms with E-state index in [9.17, 15) is 4.79 Å². The lowest BCUT2D eigenvalue weighted by atomic mass is 10.1. The molecule has 1 amide bonds. The minimum Gasteiger partial charge on any atom is -0.494 e. The Morgan fingerprint density at radius 2 is 1.96 bits per heavy atom. The Balaban J connectivity index is 1.34. The van der Waals surface area contributed by atoms with Crippen LogP contribution in [-0.4, -0.2) is 59.5 Å². The standard InChI is InChI=1S/C23H31N3O2/c1-18-7-5-15-26(18)23(27)22-10-8-19-17-20(9-11-21(19)24-22)28-16-6-14-25-12-3-2-4-13-25/h8-11,17-18H,2-7,12-16H2,1H3. The summed E-state index contributed by atoms with van der Waals surface area (Å²) in [7, 11) is 0. The van der Waals surface area contributed by atoms with Crippen LogP contribution in [0.1, 0.15) is 55.9 Å². The van der Waals surface area contributed by atoms with Gasteiger partial charge in [-0.15, -0.1) is 0 Å². The zero-order valence-electron chi connectivity index (χ0n) is 16.9. The zero-order valence-corrected chi connectivity index (χ0v) is 16.9. The van der Waals surface area contributed by atoms with Gasteiger partial charge < -0.3 is 14.5 Å². The summed E-state index contributed by atoms with van der Waals surface area (Å²) in [6.07, 6.45) is 7.26. The van der Waals surface area contributed by atoms with E-state index in [2.05, 4.69) is 16.8 Å². The molecular weight excluding hydrogens is 350 g/mol. The quantitative estimate of drug-likeness (QED) is 0.707. The number of hydrogen-bond donors (Lipinski definition) is 0. The van der Waals surface area contributed by atoms with Crippen LogP contribution in [0.25, 0.3) is 10.9 Å². The molecule has 1 aromatic carbocycles. The van der Waals surface area contributed by atoms with Crippen LogP contribution in [0.15, 0.2) is 30.3 Å². The van der Waals surface area contributed by atoms with Crippen LogP contribution in [0, 0.1) is 0 Å². The number of carbonyl (C=O) groups is 1. The maximum atomic E-state index is 12.7. The maximum Gasteiger partial charge on any atom is 0.272 e. The third kappa shape index (κ3) is 4.46. The molecule has 1 atom stereocenters. The number of piperidine rings is 1. The number of fused-ring (bicyclic) bond motifs is 1. The zero-order chi connectivity index (χ0) is 19.3. The van der Waals surface area contributed by atoms with Crippen LogP contribution in [-0.2, 0) is 0 Å². The van der Waals surface area contributed by atoms with Gasteiger partial charge in [-0.2, -0.15) is 0 Å². The molecular formula is C23H31N3O2. The van der Waals surface area contributed by atoms with Gasteiger partial charge in [0.15, 0.2) is 0 Å². The lowest BCUT2D eigenvalue weighted by Crippen LogP contribution is -2.34. The largest absolute Gasteiger partial charge is 0.494 e. The predicted molar refractivity (Wildman–Crippen MR) is 112 cm³/mol. The molecule has 5 nitrogen and oxygen atoms in total. The Hall–Kier alpha value is -2.14. The van der Waals surface area contributed by atoms with Crippen molar-refractivity contribution in [2.75, 3.05) is 32.8 Å². The van der Waals surface area contributed by atoms with Gasteiger partial charge in [-0.25, -0.2) is 4.98 Å². The number of benzene rings is 1. The van der Waals surface area contributed by atoms with Gasteiger partial charge in [-0.3, -0.25) is 4.79 Å². The summed E-state index contributed by atoms with van der Waals surface area (Å²) >= 11 is 0. The van der Waals surface area contributed by atoms with Crippen molar-refractivity contribution in [1.82, 2.24) is 14.8 Å². The Labute approximate surface area is 167 Å². The van der Waals surface area contributed by atoms with E-state index in [1.165, 1.54) is 32.4 Å². The number of rotatable bonds is 6. The van der Waals surface area contributed by atoms with E-state index in [4.69, 9.17) is 4.74 Å². The molecule has 2 aromatic rings. The molecule has 2 fully saturated rings. The molecule has 28 heavy (non-hydrogen) atoms. The molecule has 150 valence electrons. The Kier molecular flexibility index (Phi) is 6.10. The van der Waals surface area contributed by atoms with Gasteiger partial charge in [-0.05, 0) is 76.4 Å². The first-order chi connectivity index (χ1) is 13.7. The molecule has 1 aromatic heterocycles. The third-order valence-corrected chi connectivity index (χ3v) is 6.03. The van der Waals surface area contributed by atoms with E-state index >= 15 is 0 Å². The van der Waals surface area contributed by atoms with E-state index in [0.717, 1.165) is 55.6 Å². The first kappa shape index (κ1) is 19.2. The van der Waals surface area contributed by atoms with E-state index in [1.807, 2.05) is 35.2 Å². The summed E-state index contributed by atoms with van der Waals surface area (Å²) in [6, 6.07) is 10.1. The third-order valence-electron chi connectivity index (χ3n) is 6.03. The van der Waals surface area contributed by atoms with Crippen LogP contribution in [0.5, 0.6) is 5.75 Å². The van der Waals surface area contributed by atoms with Crippen LogP contribution in [0.2, 0.25) is 0 Å². The normalized spacial score (nSPS) is 20.6. The minimum absolute atomic E-state index is 0.0462. The highest BCUT2D eigenvalue weighted by atomic mass is 16.5. The van der Waals surface area contributed by atoms with Gasteiger partial charge in [0.25, 0.3) is 5.91 Å². The number of ether oxygens (including phenoxy) is 1. The summed E-state index contributed by atoms with van der Waals surface area (Å²) < 4.78 is 5.95. The first-order valence-corrected chi connectivity index (χ1v) is 10.8. The van der Waals surface area contributed by atoms with Gasteiger partial charge in [0.2, 0.25) is 0 Å². The van der Waals surface area contributed by atoms with Crippen molar-refractivity contribution in [1.29, 1.82) is 0 Å². The molecule has 0 spiro atoms. The van der Waals surface area contributed by atoms with Crippen LogP contribution >= 0.6 is 0 Å². The number of aromatic nitrogens is 1. The molecule has 0 saturated carbocycles. The molecule has 5 heteroatoms. The molecule has 1 unspecified atom stereocenters. The Morgan fingerprint density at radius 3 is 2.75 bits per heavy atom. The molecule has 0 radical (unpaired) electrons. The minimum atomic E-state index is 0.0462. The summed E-state index contributed by atoms with van der Waals surface area (Å²) in [6.45, 7) is 7.27. The van der Waals surface area contributed by atoms with Crippen LogP contribution in [0.4, 0.5) is 0 Å². The highest BCUT2D eigenvalue weighted by Crippen LogP contribution is 2.23. The molecule has 2 aliphatic heterocycles. The van der Waals surface area contributed by atoms with Crippen LogP contribution in [0.3, 0.4) is 0 Å². The van der Waals surface area contributed by atoms with E-state index in [0.29, 0.717) is 11.7 Å². The predicted octanol–water partition coefficient (Wildman–Crippen LogP) is 4.11. The molecule has 0 aliphatic carbocycles. The number of hydrogen-bond acceptors (Lipinski definition) is 4. The molecule has 2 aliphatic rings. The monoisotopic (exact) mass is 381 g/mol. The smallest absolute Gasteiger partial charge is 0.272 e. The van der Waals surface area contributed by atoms with Crippen molar-refractivity contribution in [3.63, 3.8) is 0 Å². The Morgan fingerprint density at radius 1 is 1.11 bits per heavy atom. The summed E-state index contributed by atoms with van der Waals surface area (Å²) in [5.74, 6) is 0.921. The van der Waals surface area contributed by atoms with Crippen molar-refractivity contribution >= 4 is 16.8 Å². The molecule has 0 bridgehead atoms. The van der Waals surface area contributed by atoms with Gasteiger partial charge >= 0.3 is 0 Å². The molecule has 0 N–H and O–H groups in total. The van der Waals surface area contributed by atoms with E-state index < -0.39 is 0 Å². The number of likely N-dealkylation sites (tertiary alicyclic amines) is 2. The SMILES string of the molecule is CC1CCCN1C(=O)c1ccc2cc(OCCCN3CCCCC3)ccc2n1. The summed E-state index contributed by atoms with van der Waals surface area (Å²) in [5, 5.41) is 1.01. The summed E-state index contributed by atoms with van der Waals surface area (Å²) in [5.41, 5.74) is 1.38. The average molecular weight is 382 g/mol. The van der Waals surface area contributed by atoms with Crippen molar-refractivity contribution in [3.05, 3.63) is 36.0 Å². The molecule has 4 rings (SSSR count). The van der Waals surface area contributed by atoms with Gasteiger partial charge in [0, 0.05) is 24.5 Å². The summed E-state index contributed by atoms with van der Waals surface area (Å²) in [4.78, 5) is 21.8. The molecule has 3 heterocycles. The topological polar surface area (TPSA) is 45.7 Å². The highest BCUT2D eigenvalue weighted by molar-refractivity contribution is 5.95. The van der Waals surface area contributed by atoms with Gasteiger partial charge in [-0.1, -0.05) is 12.5 Å². The fraction of sp³-hybridized carbons (Fsp3) is 0.565. The number of amides is 1. The average Bonchev–Trinajstić information content (AvgIpc) is 3.17. The van der Waals surface area contributed by atoms with Crippen molar-refractivity contribution in [3.8, 4) is 5.75 Å². The second-order valence-electron chi connectivity index (χ2n) is 8.15. The number of nitrogens with zero attached hydrogens (tertiary/aromatic N) is 3. The van der Waals surface area contributed by atoms with Crippen molar-refractivity contribution in [2.24, 2.45) is 0 Å². The van der Waals surface area contributed by atoms with Crippen molar-refractivity contribution in [2.45, 2.75) is 51.5 Å². The second-order valence-corrected chi connectivity index (χ2v) is 8.15. The molecule has 2 saturated heterocycles. The van der Waals surface area contributed by atoms with Gasteiger partial charge in [0.1, 0.15) is 11.4 Å². The highest BCUT2D eigenvalue weighted by Gasteiger charge is 2.26. The maximum absolute atomic E-state index is 12.7. The van der Waals surface area contributed by atoms with Gasteiger partial charge in [0.05, 0.1) is 12.1 Å². The first-order valence-electron chi connectivity index (χ1n) is 10.8. The van der Waals surface area contributed by atoms with E-state index in [-0.39, 0.29) is 5.91 Å². The number of carbonyl (C=O) groups excluding carboxylic acids is 1. The number of pyridine rings is 1. The fourth-order valence-electron chi connectivity index (χ4n) is 4.36.